The van der Waals surface area contributed by atoms with Crippen LogP contribution in [0.3, 0.4) is 0 Å². The second-order valence-electron chi connectivity index (χ2n) is 4.41. The maximum Gasteiger partial charge on any atom is 0.193 e. The van der Waals surface area contributed by atoms with E-state index in [1.165, 1.54) is 0 Å². The first-order valence-electron chi connectivity index (χ1n) is 6.34. The summed E-state index contributed by atoms with van der Waals surface area (Å²) in [6, 6.07) is 14.1. The van der Waals surface area contributed by atoms with Gasteiger partial charge in [-0.25, -0.2) is 0 Å². The molecule has 4 heteroatoms. The molecule has 0 heterocycles. The van der Waals surface area contributed by atoms with E-state index in [2.05, 4.69) is 0 Å². The summed E-state index contributed by atoms with van der Waals surface area (Å²) in [4.78, 5) is 12.2. The lowest BCUT2D eigenvalue weighted by molar-refractivity contribution is 0.103. The lowest BCUT2D eigenvalue weighted by atomic mass is 10.0. The minimum atomic E-state index is -0.833. The molecule has 0 fully saturated rings. The van der Waals surface area contributed by atoms with Gasteiger partial charge in [0.2, 0.25) is 0 Å². The average molecular weight is 307 g/mol. The van der Waals surface area contributed by atoms with Gasteiger partial charge in [0.15, 0.2) is 5.78 Å². The highest BCUT2D eigenvalue weighted by Crippen LogP contribution is 2.15. The maximum atomic E-state index is 12.2. The molecular weight excluding hydrogens is 292 g/mol. The van der Waals surface area contributed by atoms with E-state index in [1.54, 1.807) is 36.4 Å². The highest BCUT2D eigenvalue weighted by atomic mass is 35.5. The molecule has 0 aliphatic carbocycles. The van der Waals surface area contributed by atoms with Gasteiger partial charge in [-0.1, -0.05) is 35.9 Å². The summed E-state index contributed by atoms with van der Waals surface area (Å²) in [5, 5.41) is 0.610. The zero-order chi connectivity index (χ0) is 14.5. The molecule has 20 heavy (non-hydrogen) atoms. The average Bonchev–Trinajstić information content (AvgIpc) is 2.48. The van der Waals surface area contributed by atoms with Crippen LogP contribution in [0, 0.1) is 0 Å². The normalized spacial score (nSPS) is 12.2. The molecule has 0 amide bonds. The van der Waals surface area contributed by atoms with E-state index >= 15 is 0 Å². The first-order chi connectivity index (χ1) is 9.60. The van der Waals surface area contributed by atoms with Gasteiger partial charge >= 0.3 is 0 Å². The van der Waals surface area contributed by atoms with Crippen molar-refractivity contribution in [3.63, 3.8) is 0 Å². The van der Waals surface area contributed by atoms with Gasteiger partial charge in [-0.2, -0.15) is 0 Å². The van der Waals surface area contributed by atoms with E-state index in [4.69, 9.17) is 11.6 Å². The van der Waals surface area contributed by atoms with Crippen LogP contribution >= 0.6 is 11.6 Å². The number of hydrogen-bond acceptors (Lipinski definition) is 2. The van der Waals surface area contributed by atoms with Crippen LogP contribution in [0.5, 0.6) is 0 Å². The Bertz CT molecular complexity index is 578. The molecule has 0 bridgehead atoms. The molecule has 1 unspecified atom stereocenters. The van der Waals surface area contributed by atoms with Crippen LogP contribution in [0.2, 0.25) is 5.02 Å². The number of ketones is 1. The third kappa shape index (κ3) is 3.85. The highest BCUT2D eigenvalue weighted by Gasteiger charge is 2.10. The minimum Gasteiger partial charge on any atom is -0.616 e. The Morgan fingerprint density at radius 2 is 1.55 bits per heavy atom. The van der Waals surface area contributed by atoms with Crippen molar-refractivity contribution in [3.8, 4) is 0 Å². The lowest BCUT2D eigenvalue weighted by Crippen LogP contribution is -2.07. The van der Waals surface area contributed by atoms with Crippen LogP contribution < -0.4 is 0 Å². The summed E-state index contributed by atoms with van der Waals surface area (Å²) in [6.07, 6.45) is 0. The van der Waals surface area contributed by atoms with E-state index in [0.29, 0.717) is 27.7 Å². The standard InChI is InChI=1S/C16H15ClO2S/c1-2-20(19)11-12-3-5-13(6-4-12)16(18)14-7-9-15(17)10-8-14/h3-10H,2,11H2,1H3. The van der Waals surface area contributed by atoms with E-state index in [0.717, 1.165) is 5.56 Å². The van der Waals surface area contributed by atoms with Crippen LogP contribution in [0.15, 0.2) is 48.5 Å². The Kier molecular flexibility index (Phi) is 5.24. The van der Waals surface area contributed by atoms with Gasteiger partial charge in [-0.05, 0) is 42.4 Å². The second kappa shape index (κ2) is 6.93. The van der Waals surface area contributed by atoms with Crippen molar-refractivity contribution in [1.82, 2.24) is 0 Å². The summed E-state index contributed by atoms with van der Waals surface area (Å²) in [5.74, 6) is 1.14. The molecule has 0 spiro atoms. The summed E-state index contributed by atoms with van der Waals surface area (Å²) >= 11 is 4.97. The Hall–Kier alpha value is -1.29. The molecule has 0 aliphatic heterocycles. The van der Waals surface area contributed by atoms with Crippen molar-refractivity contribution in [2.24, 2.45) is 0 Å². The molecule has 2 nitrogen and oxygen atoms in total. The van der Waals surface area contributed by atoms with E-state index in [9.17, 15) is 9.35 Å². The van der Waals surface area contributed by atoms with Gasteiger partial charge < -0.3 is 4.55 Å². The summed E-state index contributed by atoms with van der Waals surface area (Å²) in [5.41, 5.74) is 2.22. The summed E-state index contributed by atoms with van der Waals surface area (Å²) in [7, 11) is 0. The molecule has 0 saturated heterocycles. The van der Waals surface area contributed by atoms with Crippen molar-refractivity contribution in [2.75, 3.05) is 5.75 Å². The number of carbonyl (C=O) groups excluding carboxylic acids is 1. The predicted molar refractivity (Wildman–Crippen MR) is 83.7 cm³/mol. The summed E-state index contributed by atoms with van der Waals surface area (Å²) < 4.78 is 11.5. The second-order valence-corrected chi connectivity index (χ2v) is 6.59. The van der Waals surface area contributed by atoms with Crippen molar-refractivity contribution in [2.45, 2.75) is 12.7 Å². The van der Waals surface area contributed by atoms with Gasteiger partial charge in [0.05, 0.1) is 0 Å². The molecule has 1 atom stereocenters. The molecule has 2 rings (SSSR count). The fourth-order valence-electron chi connectivity index (χ4n) is 1.81. The van der Waals surface area contributed by atoms with Crippen molar-refractivity contribution < 1.29 is 9.35 Å². The number of rotatable bonds is 5. The third-order valence-electron chi connectivity index (χ3n) is 2.97. The third-order valence-corrected chi connectivity index (χ3v) is 4.52. The molecule has 0 N–H and O–H groups in total. The molecule has 2 aromatic carbocycles. The van der Waals surface area contributed by atoms with Crippen LogP contribution in [-0.2, 0) is 16.9 Å². The topological polar surface area (TPSA) is 40.1 Å². The monoisotopic (exact) mass is 306 g/mol. The number of carbonyl (C=O) groups is 1. The van der Waals surface area contributed by atoms with E-state index in [1.807, 2.05) is 19.1 Å². The van der Waals surface area contributed by atoms with Crippen LogP contribution in [0.1, 0.15) is 28.4 Å². The van der Waals surface area contributed by atoms with Gasteiger partial charge in [-0.3, -0.25) is 4.79 Å². The SMILES string of the molecule is CC[S+]([O-])Cc1ccc(C(=O)c2ccc(Cl)cc2)cc1. The Morgan fingerprint density at radius 3 is 2.05 bits per heavy atom. The Balaban J connectivity index is 2.13. The van der Waals surface area contributed by atoms with Gasteiger partial charge in [0, 0.05) is 21.7 Å². The van der Waals surface area contributed by atoms with Crippen LogP contribution in [0.25, 0.3) is 0 Å². The smallest absolute Gasteiger partial charge is 0.193 e. The first kappa shape index (κ1) is 15.1. The predicted octanol–water partition coefficient (Wildman–Crippen LogP) is 3.84. The van der Waals surface area contributed by atoms with Crippen molar-refractivity contribution >= 4 is 28.6 Å². The maximum absolute atomic E-state index is 12.2. The van der Waals surface area contributed by atoms with Gasteiger partial charge in [0.25, 0.3) is 0 Å². The fraction of sp³-hybridized carbons (Fsp3) is 0.188. The molecule has 0 aromatic heterocycles. The molecule has 2 aromatic rings. The highest BCUT2D eigenvalue weighted by molar-refractivity contribution is 7.90. The van der Waals surface area contributed by atoms with Crippen LogP contribution in [-0.4, -0.2) is 16.1 Å². The van der Waals surface area contributed by atoms with E-state index in [-0.39, 0.29) is 5.78 Å². The quantitative estimate of drug-likeness (QED) is 0.622. The molecule has 0 radical (unpaired) electrons. The van der Waals surface area contributed by atoms with Gasteiger partial charge in [0.1, 0.15) is 11.5 Å². The fourth-order valence-corrected chi connectivity index (χ4v) is 2.70. The van der Waals surface area contributed by atoms with Crippen molar-refractivity contribution in [3.05, 3.63) is 70.2 Å². The van der Waals surface area contributed by atoms with Gasteiger partial charge in [-0.15, -0.1) is 0 Å². The largest absolute Gasteiger partial charge is 0.616 e. The zero-order valence-electron chi connectivity index (χ0n) is 11.1. The number of hydrogen-bond donors (Lipinski definition) is 0. The molecule has 0 aliphatic rings. The first-order valence-corrected chi connectivity index (χ1v) is 8.21. The Labute approximate surface area is 127 Å². The van der Waals surface area contributed by atoms with Crippen LogP contribution in [0.4, 0.5) is 0 Å². The molecule has 0 saturated carbocycles. The summed E-state index contributed by atoms with van der Waals surface area (Å²) in [6.45, 7) is 1.90. The number of halogens is 1. The number of benzene rings is 2. The van der Waals surface area contributed by atoms with Crippen molar-refractivity contribution in [1.29, 1.82) is 0 Å². The molecular formula is C16H15ClO2S. The zero-order valence-corrected chi connectivity index (χ0v) is 12.7. The van der Waals surface area contributed by atoms with E-state index < -0.39 is 11.2 Å². The lowest BCUT2D eigenvalue weighted by Gasteiger charge is -2.08. The Morgan fingerprint density at radius 1 is 1.05 bits per heavy atom. The molecule has 104 valence electrons. The minimum absolute atomic E-state index is 0.0372.